The molecule has 0 saturated carbocycles. The van der Waals surface area contributed by atoms with Gasteiger partial charge in [0.1, 0.15) is 5.76 Å². The van der Waals surface area contributed by atoms with E-state index in [2.05, 4.69) is 4.90 Å². The highest BCUT2D eigenvalue weighted by Gasteiger charge is 2.46. The molecular weight excluding hydrogens is 450 g/mol. The fourth-order valence-corrected chi connectivity index (χ4v) is 4.20. The van der Waals surface area contributed by atoms with Crippen LogP contribution in [0.2, 0.25) is 5.02 Å². The first-order valence-electron chi connectivity index (χ1n) is 10.5. The summed E-state index contributed by atoms with van der Waals surface area (Å²) in [5.41, 5.74) is 0.676. The van der Waals surface area contributed by atoms with Crippen LogP contribution in [0, 0.1) is 10.1 Å². The van der Waals surface area contributed by atoms with Crippen LogP contribution in [-0.4, -0.2) is 70.9 Å². The molecule has 0 bridgehead atoms. The fourth-order valence-electron chi connectivity index (χ4n) is 4.07. The number of aliphatic hydroxyl groups excluding tert-OH is 1. The molecule has 0 aliphatic carbocycles. The highest BCUT2D eigenvalue weighted by atomic mass is 35.5. The standard InChI is InChI=1S/C23H22ClN3O6/c24-17-5-1-16(2-6-17)21(28)19-20(15-3-7-18(8-4-15)27(31)32)26(23(30)22(19)29)10-9-25-11-13-33-14-12-25/h1-8,20,28H,9-14H2/b21-19+/t20-/m1/s1. The summed E-state index contributed by atoms with van der Waals surface area (Å²) < 4.78 is 5.36. The van der Waals surface area contributed by atoms with Gasteiger partial charge in [0.2, 0.25) is 0 Å². The van der Waals surface area contributed by atoms with Crippen molar-refractivity contribution in [2.45, 2.75) is 6.04 Å². The predicted molar refractivity (Wildman–Crippen MR) is 121 cm³/mol. The summed E-state index contributed by atoms with van der Waals surface area (Å²) in [4.78, 5) is 40.1. The van der Waals surface area contributed by atoms with Crippen molar-refractivity contribution in [3.05, 3.63) is 80.4 Å². The largest absolute Gasteiger partial charge is 0.507 e. The van der Waals surface area contributed by atoms with E-state index in [1.54, 1.807) is 24.3 Å². The van der Waals surface area contributed by atoms with E-state index in [4.69, 9.17) is 16.3 Å². The zero-order valence-electron chi connectivity index (χ0n) is 17.6. The number of likely N-dealkylation sites (tertiary alicyclic amines) is 1. The van der Waals surface area contributed by atoms with Crippen LogP contribution in [0.25, 0.3) is 5.76 Å². The number of ketones is 1. The molecule has 2 aliphatic rings. The molecule has 33 heavy (non-hydrogen) atoms. The Kier molecular flexibility index (Phi) is 6.73. The summed E-state index contributed by atoms with van der Waals surface area (Å²) in [6, 6.07) is 11.0. The Morgan fingerprint density at radius 1 is 1.06 bits per heavy atom. The molecule has 2 aliphatic heterocycles. The van der Waals surface area contributed by atoms with Gasteiger partial charge in [0, 0.05) is 48.9 Å². The van der Waals surface area contributed by atoms with E-state index in [1.165, 1.54) is 29.2 Å². The van der Waals surface area contributed by atoms with E-state index in [9.17, 15) is 24.8 Å². The van der Waals surface area contributed by atoms with Crippen LogP contribution in [0.3, 0.4) is 0 Å². The predicted octanol–water partition coefficient (Wildman–Crippen LogP) is 3.00. The van der Waals surface area contributed by atoms with Gasteiger partial charge in [-0.25, -0.2) is 0 Å². The third kappa shape index (κ3) is 4.75. The number of nitro groups is 1. The summed E-state index contributed by atoms with van der Waals surface area (Å²) in [6.07, 6.45) is 0. The molecule has 2 saturated heterocycles. The monoisotopic (exact) mass is 471 g/mol. The second kappa shape index (κ2) is 9.70. The molecule has 0 unspecified atom stereocenters. The number of ether oxygens (including phenoxy) is 1. The van der Waals surface area contributed by atoms with Gasteiger partial charge in [-0.1, -0.05) is 11.6 Å². The Hall–Kier alpha value is -3.27. The molecule has 0 spiro atoms. The maximum Gasteiger partial charge on any atom is 0.295 e. The number of Topliss-reactive ketones (excluding diaryl/α,β-unsaturated/α-hetero) is 1. The van der Waals surface area contributed by atoms with Crippen LogP contribution in [0.5, 0.6) is 0 Å². The van der Waals surface area contributed by atoms with Gasteiger partial charge < -0.3 is 14.7 Å². The first-order valence-corrected chi connectivity index (χ1v) is 10.8. The molecule has 4 rings (SSSR count). The lowest BCUT2D eigenvalue weighted by atomic mass is 9.95. The Bertz CT molecular complexity index is 1090. The number of nitro benzene ring substituents is 1. The van der Waals surface area contributed by atoms with Crippen molar-refractivity contribution in [2.75, 3.05) is 39.4 Å². The minimum Gasteiger partial charge on any atom is -0.507 e. The molecule has 0 radical (unpaired) electrons. The van der Waals surface area contributed by atoms with Gasteiger partial charge in [-0.2, -0.15) is 0 Å². The number of halogens is 1. The lowest BCUT2D eigenvalue weighted by molar-refractivity contribution is -0.384. The van der Waals surface area contributed by atoms with Gasteiger partial charge in [-0.15, -0.1) is 0 Å². The minimum absolute atomic E-state index is 0.0573. The SMILES string of the molecule is O=C1C(=O)N(CCN2CCOCC2)[C@H](c2ccc([N+](=O)[O-])cc2)/C1=C(\O)c1ccc(Cl)cc1. The minimum atomic E-state index is -0.873. The Morgan fingerprint density at radius 2 is 1.70 bits per heavy atom. The summed E-state index contributed by atoms with van der Waals surface area (Å²) in [6.45, 7) is 3.42. The summed E-state index contributed by atoms with van der Waals surface area (Å²) >= 11 is 5.94. The number of non-ortho nitro benzene ring substituents is 1. The molecule has 2 fully saturated rings. The van der Waals surface area contributed by atoms with E-state index < -0.39 is 22.7 Å². The average Bonchev–Trinajstić information content (AvgIpc) is 3.08. The Labute approximate surface area is 195 Å². The number of amides is 1. The highest BCUT2D eigenvalue weighted by Crippen LogP contribution is 2.39. The molecule has 2 aromatic carbocycles. The summed E-state index contributed by atoms with van der Waals surface area (Å²) in [5, 5.41) is 22.5. The second-order valence-corrected chi connectivity index (χ2v) is 8.24. The smallest absolute Gasteiger partial charge is 0.295 e. The molecule has 1 amide bonds. The maximum atomic E-state index is 13.0. The molecule has 10 heteroatoms. The molecule has 1 atom stereocenters. The Balaban J connectivity index is 1.74. The Morgan fingerprint density at radius 3 is 2.30 bits per heavy atom. The number of morpholine rings is 1. The molecule has 0 aromatic heterocycles. The molecule has 1 N–H and O–H groups in total. The van der Waals surface area contributed by atoms with Crippen molar-refractivity contribution < 1.29 is 24.4 Å². The van der Waals surface area contributed by atoms with Gasteiger partial charge in [0.15, 0.2) is 0 Å². The van der Waals surface area contributed by atoms with Crippen LogP contribution < -0.4 is 0 Å². The summed E-state index contributed by atoms with van der Waals surface area (Å²) in [7, 11) is 0. The number of rotatable bonds is 6. The van der Waals surface area contributed by atoms with Crippen LogP contribution in [0.1, 0.15) is 17.2 Å². The van der Waals surface area contributed by atoms with Crippen LogP contribution in [0.15, 0.2) is 54.1 Å². The van der Waals surface area contributed by atoms with Crippen molar-refractivity contribution in [3.8, 4) is 0 Å². The van der Waals surface area contributed by atoms with Crippen LogP contribution >= 0.6 is 11.6 Å². The van der Waals surface area contributed by atoms with E-state index >= 15 is 0 Å². The van der Waals surface area contributed by atoms with E-state index in [1.807, 2.05) is 0 Å². The zero-order valence-corrected chi connectivity index (χ0v) is 18.4. The number of hydrogen-bond donors (Lipinski definition) is 1. The zero-order chi connectivity index (χ0) is 23.5. The molecule has 172 valence electrons. The molecule has 9 nitrogen and oxygen atoms in total. The van der Waals surface area contributed by atoms with Gasteiger partial charge in [-0.05, 0) is 42.0 Å². The van der Waals surface area contributed by atoms with Gasteiger partial charge in [-0.3, -0.25) is 24.6 Å². The topological polar surface area (TPSA) is 113 Å². The lowest BCUT2D eigenvalue weighted by Crippen LogP contribution is -2.42. The first-order chi connectivity index (χ1) is 15.9. The lowest BCUT2D eigenvalue weighted by Gasteiger charge is -2.31. The first kappa shape index (κ1) is 22.9. The van der Waals surface area contributed by atoms with E-state index in [-0.39, 0.29) is 23.6 Å². The van der Waals surface area contributed by atoms with Crippen molar-refractivity contribution in [1.29, 1.82) is 0 Å². The molecule has 2 aromatic rings. The van der Waals surface area contributed by atoms with Crippen LogP contribution in [-0.2, 0) is 14.3 Å². The quantitative estimate of drug-likeness (QED) is 0.226. The third-order valence-electron chi connectivity index (χ3n) is 5.84. The van der Waals surface area contributed by atoms with E-state index in [0.717, 1.165) is 13.1 Å². The average molecular weight is 472 g/mol. The van der Waals surface area contributed by atoms with Crippen molar-refractivity contribution in [1.82, 2.24) is 9.80 Å². The van der Waals surface area contributed by atoms with Crippen LogP contribution in [0.4, 0.5) is 5.69 Å². The normalized spacial score (nSPS) is 20.9. The number of nitrogens with zero attached hydrogens (tertiary/aromatic N) is 3. The molecule has 2 heterocycles. The highest BCUT2D eigenvalue weighted by molar-refractivity contribution is 6.46. The van der Waals surface area contributed by atoms with E-state index in [0.29, 0.717) is 35.9 Å². The van der Waals surface area contributed by atoms with Crippen molar-refractivity contribution in [2.24, 2.45) is 0 Å². The number of carbonyl (C=O) groups is 2. The second-order valence-electron chi connectivity index (χ2n) is 7.80. The van der Waals surface area contributed by atoms with Crippen molar-refractivity contribution >= 4 is 34.7 Å². The third-order valence-corrected chi connectivity index (χ3v) is 6.09. The number of carbonyl (C=O) groups excluding carboxylic acids is 2. The fraction of sp³-hybridized carbons (Fsp3) is 0.304. The number of hydrogen-bond acceptors (Lipinski definition) is 7. The maximum absolute atomic E-state index is 13.0. The van der Waals surface area contributed by atoms with Gasteiger partial charge in [0.25, 0.3) is 17.4 Å². The van der Waals surface area contributed by atoms with Gasteiger partial charge in [0.05, 0.1) is 29.8 Å². The van der Waals surface area contributed by atoms with Crippen molar-refractivity contribution in [3.63, 3.8) is 0 Å². The number of aliphatic hydroxyl groups is 1. The molecular formula is C23H22ClN3O6. The summed E-state index contributed by atoms with van der Waals surface area (Å²) in [5.74, 6) is -1.84. The number of benzene rings is 2. The van der Waals surface area contributed by atoms with Gasteiger partial charge >= 0.3 is 0 Å².